The van der Waals surface area contributed by atoms with Gasteiger partial charge in [-0.1, -0.05) is 12.7 Å². The first-order valence-corrected chi connectivity index (χ1v) is 4.47. The Morgan fingerprint density at radius 3 is 2.67 bits per heavy atom. The molecule has 0 aromatic rings. The molecule has 0 bridgehead atoms. The van der Waals surface area contributed by atoms with Crippen LogP contribution in [0.3, 0.4) is 0 Å². The van der Waals surface area contributed by atoms with Gasteiger partial charge in [0.1, 0.15) is 0 Å². The highest BCUT2D eigenvalue weighted by Gasteiger charge is 2.22. The molecule has 1 rings (SSSR count). The zero-order chi connectivity index (χ0) is 6.74. The smallest absolute Gasteiger partial charge is 0.0658 e. The van der Waals surface area contributed by atoms with Gasteiger partial charge in [0.05, 0.1) is 5.22 Å². The van der Waals surface area contributed by atoms with Crippen LogP contribution in [0.15, 0.2) is 6.08 Å². The van der Waals surface area contributed by atoms with Gasteiger partial charge in [0.2, 0.25) is 0 Å². The molecular formula is C7H13OSi. The van der Waals surface area contributed by atoms with E-state index in [2.05, 4.69) is 0 Å². The van der Waals surface area contributed by atoms with Crippen molar-refractivity contribution in [3.8, 4) is 0 Å². The van der Waals surface area contributed by atoms with Crippen LogP contribution in [-0.2, 0) is 4.74 Å². The van der Waals surface area contributed by atoms with Crippen LogP contribution in [0.25, 0.3) is 0 Å². The molecule has 1 aliphatic rings. The number of rotatable bonds is 1. The number of ether oxygens (including phenoxy) is 1. The van der Waals surface area contributed by atoms with E-state index in [9.17, 15) is 0 Å². The second-order valence-corrected chi connectivity index (χ2v) is 4.48. The average molecular weight is 141 g/mol. The quantitative estimate of drug-likeness (QED) is 0.475. The lowest BCUT2D eigenvalue weighted by Gasteiger charge is -2.30. The van der Waals surface area contributed by atoms with Crippen molar-refractivity contribution >= 4 is 10.2 Å². The van der Waals surface area contributed by atoms with Crippen LogP contribution in [0, 0.1) is 6.58 Å². The van der Waals surface area contributed by atoms with E-state index >= 15 is 0 Å². The summed E-state index contributed by atoms with van der Waals surface area (Å²) in [5.74, 6) is 0. The molecule has 51 valence electrons. The van der Waals surface area contributed by atoms with Gasteiger partial charge in [0.15, 0.2) is 0 Å². The summed E-state index contributed by atoms with van der Waals surface area (Å²) in [6, 6.07) is 0. The topological polar surface area (TPSA) is 9.23 Å². The van der Waals surface area contributed by atoms with E-state index in [1.165, 1.54) is 12.8 Å². The van der Waals surface area contributed by atoms with Crippen molar-refractivity contribution in [2.75, 3.05) is 6.61 Å². The summed E-state index contributed by atoms with van der Waals surface area (Å²) in [6.45, 7) is 6.32. The molecule has 1 aliphatic heterocycles. The van der Waals surface area contributed by atoms with Crippen LogP contribution in [0.1, 0.15) is 19.3 Å². The van der Waals surface area contributed by atoms with Crippen LogP contribution < -0.4 is 0 Å². The summed E-state index contributed by atoms with van der Waals surface area (Å²) in [6.07, 6.45) is 5.34. The molecule has 0 aromatic carbocycles. The molecule has 0 saturated carbocycles. The predicted octanol–water partition coefficient (Wildman–Crippen LogP) is 0.238. The SMILES string of the molecule is [CH]=CC1([SiH3])CCCCO1. The van der Waals surface area contributed by atoms with Gasteiger partial charge >= 0.3 is 0 Å². The molecule has 0 aromatic heterocycles. The van der Waals surface area contributed by atoms with Crippen molar-refractivity contribution in [3.63, 3.8) is 0 Å². The lowest BCUT2D eigenvalue weighted by atomic mass is 10.1. The van der Waals surface area contributed by atoms with Crippen LogP contribution in [0.4, 0.5) is 0 Å². The molecule has 0 aliphatic carbocycles. The third-order valence-corrected chi connectivity index (χ3v) is 2.97. The molecule has 2 heteroatoms. The molecular weight excluding hydrogens is 128 g/mol. The molecule has 1 saturated heterocycles. The van der Waals surface area contributed by atoms with Gasteiger partial charge in [0.25, 0.3) is 0 Å². The lowest BCUT2D eigenvalue weighted by molar-refractivity contribution is 0.0154. The maximum Gasteiger partial charge on any atom is 0.0658 e. The summed E-state index contributed by atoms with van der Waals surface area (Å²) in [7, 11) is 1.03. The molecule has 0 spiro atoms. The van der Waals surface area contributed by atoms with Crippen molar-refractivity contribution < 1.29 is 4.74 Å². The number of hydrogen-bond donors (Lipinski definition) is 0. The van der Waals surface area contributed by atoms with Gasteiger partial charge in [0, 0.05) is 16.8 Å². The Balaban J connectivity index is 2.46. The maximum absolute atomic E-state index is 5.50. The first-order chi connectivity index (χ1) is 4.27. The zero-order valence-corrected chi connectivity index (χ0v) is 7.89. The zero-order valence-electron chi connectivity index (χ0n) is 5.89. The molecule has 1 fully saturated rings. The van der Waals surface area contributed by atoms with Crippen LogP contribution in [0.2, 0.25) is 0 Å². The van der Waals surface area contributed by atoms with E-state index in [0.717, 1.165) is 23.3 Å². The van der Waals surface area contributed by atoms with E-state index in [4.69, 9.17) is 11.3 Å². The van der Waals surface area contributed by atoms with Crippen molar-refractivity contribution in [1.29, 1.82) is 0 Å². The van der Waals surface area contributed by atoms with E-state index in [1.54, 1.807) is 6.08 Å². The van der Waals surface area contributed by atoms with Gasteiger partial charge in [-0.05, 0) is 19.3 Å². The molecule has 1 nitrogen and oxygen atoms in total. The highest BCUT2D eigenvalue weighted by Crippen LogP contribution is 2.21. The normalized spacial score (nSPS) is 36.4. The van der Waals surface area contributed by atoms with Gasteiger partial charge < -0.3 is 4.74 Å². The fraction of sp³-hybridized carbons (Fsp3) is 0.714. The van der Waals surface area contributed by atoms with Crippen LogP contribution >= 0.6 is 0 Å². The van der Waals surface area contributed by atoms with Gasteiger partial charge in [-0.3, -0.25) is 0 Å². The highest BCUT2D eigenvalue weighted by molar-refractivity contribution is 6.15. The van der Waals surface area contributed by atoms with Gasteiger partial charge in [-0.25, -0.2) is 0 Å². The molecule has 0 N–H and O–H groups in total. The molecule has 9 heavy (non-hydrogen) atoms. The average Bonchev–Trinajstić information content (AvgIpc) is 1.90. The highest BCUT2D eigenvalue weighted by atomic mass is 28.1. The van der Waals surface area contributed by atoms with E-state index < -0.39 is 0 Å². The summed E-state index contributed by atoms with van der Waals surface area (Å²) < 4.78 is 5.50. The molecule has 0 amide bonds. The third kappa shape index (κ3) is 1.66. The fourth-order valence-electron chi connectivity index (χ4n) is 1.09. The van der Waals surface area contributed by atoms with E-state index in [-0.39, 0.29) is 5.22 Å². The fourth-order valence-corrected chi connectivity index (χ4v) is 1.64. The maximum atomic E-state index is 5.50. The van der Waals surface area contributed by atoms with Crippen LogP contribution in [-0.4, -0.2) is 22.1 Å². The Kier molecular flexibility index (Phi) is 2.08. The first-order valence-electron chi connectivity index (χ1n) is 3.47. The van der Waals surface area contributed by atoms with Crippen molar-refractivity contribution in [2.24, 2.45) is 0 Å². The van der Waals surface area contributed by atoms with Gasteiger partial charge in [-0.2, -0.15) is 0 Å². The molecule has 1 atom stereocenters. The Morgan fingerprint density at radius 1 is 1.56 bits per heavy atom. The van der Waals surface area contributed by atoms with Crippen molar-refractivity contribution in [2.45, 2.75) is 24.5 Å². The first kappa shape index (κ1) is 7.03. The summed E-state index contributed by atoms with van der Waals surface area (Å²) in [4.78, 5) is 0. The standard InChI is InChI=1S/C7H13OSi/c1-2-7(9)5-3-4-6-8-7/h1-2H,3-6H2,9H3. The van der Waals surface area contributed by atoms with E-state index in [0.29, 0.717) is 0 Å². The summed E-state index contributed by atoms with van der Waals surface area (Å²) >= 11 is 0. The molecule has 1 unspecified atom stereocenters. The van der Waals surface area contributed by atoms with Crippen molar-refractivity contribution in [1.82, 2.24) is 0 Å². The van der Waals surface area contributed by atoms with Crippen molar-refractivity contribution in [3.05, 3.63) is 12.7 Å². The molecule has 1 heterocycles. The Morgan fingerprint density at radius 2 is 2.33 bits per heavy atom. The largest absolute Gasteiger partial charge is 0.376 e. The second-order valence-electron chi connectivity index (χ2n) is 2.78. The van der Waals surface area contributed by atoms with Crippen LogP contribution in [0.5, 0.6) is 0 Å². The molecule has 1 radical (unpaired) electrons. The predicted molar refractivity (Wildman–Crippen MR) is 41.3 cm³/mol. The lowest BCUT2D eigenvalue weighted by Crippen LogP contribution is -2.34. The monoisotopic (exact) mass is 141 g/mol. The summed E-state index contributed by atoms with van der Waals surface area (Å²) in [5.41, 5.74) is 0. The minimum atomic E-state index is 0.0122. The summed E-state index contributed by atoms with van der Waals surface area (Å²) in [5, 5.41) is 0.0122. The second kappa shape index (κ2) is 2.67. The van der Waals surface area contributed by atoms with E-state index in [1.807, 2.05) is 0 Å². The van der Waals surface area contributed by atoms with Gasteiger partial charge in [-0.15, -0.1) is 0 Å². The Labute approximate surface area is 59.5 Å². The minimum absolute atomic E-state index is 0.0122. The minimum Gasteiger partial charge on any atom is -0.376 e. The Hall–Kier alpha value is -0.0831. The third-order valence-electron chi connectivity index (χ3n) is 1.85. The Bertz CT molecular complexity index is 105. The number of hydrogen-bond acceptors (Lipinski definition) is 1.